The number of para-hydroxylation sites is 2. The zero-order valence-electron chi connectivity index (χ0n) is 12.9. The summed E-state index contributed by atoms with van der Waals surface area (Å²) in [6.45, 7) is 2.40. The van der Waals surface area contributed by atoms with Gasteiger partial charge in [0.1, 0.15) is 0 Å². The van der Waals surface area contributed by atoms with Crippen LogP contribution in [0.2, 0.25) is 0 Å². The Hall–Kier alpha value is -3.28. The van der Waals surface area contributed by atoms with E-state index >= 15 is 0 Å². The molecule has 2 aromatic rings. The Morgan fingerprint density at radius 3 is 2.12 bits per heavy atom. The number of carbonyl (C=O) groups is 4. The van der Waals surface area contributed by atoms with E-state index in [1.165, 1.54) is 4.90 Å². The van der Waals surface area contributed by atoms with E-state index in [1.807, 2.05) is 13.0 Å². The lowest BCUT2D eigenvalue weighted by Crippen LogP contribution is -2.29. The van der Waals surface area contributed by atoms with Gasteiger partial charge in [-0.2, -0.15) is 0 Å². The van der Waals surface area contributed by atoms with E-state index in [2.05, 4.69) is 5.32 Å². The van der Waals surface area contributed by atoms with Crippen molar-refractivity contribution >= 4 is 34.8 Å². The van der Waals surface area contributed by atoms with Crippen LogP contribution in [0.1, 0.15) is 27.6 Å². The fourth-order valence-electron chi connectivity index (χ4n) is 2.65. The quantitative estimate of drug-likeness (QED) is 0.815. The first-order chi connectivity index (χ1) is 11.5. The maximum atomic E-state index is 11.4. The molecule has 0 bridgehead atoms. The molecule has 6 nitrogen and oxygen atoms in total. The maximum absolute atomic E-state index is 11.4. The van der Waals surface area contributed by atoms with Crippen LogP contribution in [-0.2, 0) is 9.59 Å². The summed E-state index contributed by atoms with van der Waals surface area (Å²) in [5, 5.41) is 2.46. The number of Topliss-reactive ketones (excluding diaryl/α,β-unsaturated/α-hetero) is 2. The molecule has 2 aliphatic heterocycles. The lowest BCUT2D eigenvalue weighted by atomic mass is 10.1. The molecular formula is C18H14N2O4. The van der Waals surface area contributed by atoms with Crippen LogP contribution in [0.5, 0.6) is 0 Å². The minimum atomic E-state index is -0.536. The van der Waals surface area contributed by atoms with Gasteiger partial charge in [0.2, 0.25) is 0 Å². The van der Waals surface area contributed by atoms with Crippen molar-refractivity contribution in [2.75, 3.05) is 16.8 Å². The highest BCUT2D eigenvalue weighted by molar-refractivity contribution is 6.52. The first kappa shape index (κ1) is 15.6. The van der Waals surface area contributed by atoms with Gasteiger partial charge in [0.05, 0.1) is 22.5 Å². The lowest BCUT2D eigenvalue weighted by Gasteiger charge is -2.12. The molecule has 6 heteroatoms. The molecule has 120 valence electrons. The van der Waals surface area contributed by atoms with Crippen LogP contribution < -0.4 is 10.2 Å². The number of nitrogens with zero attached hydrogens (tertiary/aromatic N) is 1. The molecule has 24 heavy (non-hydrogen) atoms. The van der Waals surface area contributed by atoms with Gasteiger partial charge in [0.25, 0.3) is 23.4 Å². The van der Waals surface area contributed by atoms with Gasteiger partial charge in [-0.3, -0.25) is 19.2 Å². The zero-order valence-corrected chi connectivity index (χ0v) is 12.9. The molecule has 1 N–H and O–H groups in total. The van der Waals surface area contributed by atoms with E-state index in [9.17, 15) is 19.2 Å². The summed E-state index contributed by atoms with van der Waals surface area (Å²) in [6, 6.07) is 13.9. The smallest absolute Gasteiger partial charge is 0.299 e. The molecule has 0 aliphatic carbocycles. The van der Waals surface area contributed by atoms with Gasteiger partial charge in [0.15, 0.2) is 0 Å². The number of amides is 2. The predicted molar refractivity (Wildman–Crippen MR) is 88.2 cm³/mol. The average molecular weight is 322 g/mol. The van der Waals surface area contributed by atoms with E-state index in [4.69, 9.17) is 0 Å². The number of hydrogen-bond acceptors (Lipinski definition) is 4. The molecule has 0 unspecified atom stereocenters. The van der Waals surface area contributed by atoms with E-state index in [1.54, 1.807) is 42.5 Å². The summed E-state index contributed by atoms with van der Waals surface area (Å²) < 4.78 is 0. The Kier molecular flexibility index (Phi) is 3.95. The molecule has 2 amide bonds. The molecule has 0 saturated heterocycles. The molecule has 0 saturated carbocycles. The summed E-state index contributed by atoms with van der Waals surface area (Å²) >= 11 is 0. The molecule has 2 aromatic carbocycles. The molecule has 0 spiro atoms. The van der Waals surface area contributed by atoms with E-state index in [0.29, 0.717) is 23.4 Å². The lowest BCUT2D eigenvalue weighted by molar-refractivity contribution is -0.114. The highest BCUT2D eigenvalue weighted by atomic mass is 16.2. The Morgan fingerprint density at radius 1 is 0.833 bits per heavy atom. The zero-order chi connectivity index (χ0) is 17.3. The molecule has 2 aliphatic rings. The van der Waals surface area contributed by atoms with Crippen molar-refractivity contribution in [2.45, 2.75) is 6.92 Å². The largest absolute Gasteiger partial charge is 0.318 e. The normalized spacial score (nSPS) is 14.8. The van der Waals surface area contributed by atoms with Crippen LogP contribution in [0.4, 0.5) is 11.4 Å². The van der Waals surface area contributed by atoms with Gasteiger partial charge in [-0.05, 0) is 31.2 Å². The Morgan fingerprint density at radius 2 is 1.46 bits per heavy atom. The maximum Gasteiger partial charge on any atom is 0.299 e. The molecule has 2 heterocycles. The fraction of sp³-hybridized carbons (Fsp3) is 0.111. The van der Waals surface area contributed by atoms with Crippen molar-refractivity contribution in [3.05, 3.63) is 59.7 Å². The molecular weight excluding hydrogens is 308 g/mol. The highest BCUT2D eigenvalue weighted by Crippen LogP contribution is 2.27. The number of benzene rings is 2. The highest BCUT2D eigenvalue weighted by Gasteiger charge is 2.34. The van der Waals surface area contributed by atoms with Gasteiger partial charge in [-0.15, -0.1) is 0 Å². The minimum Gasteiger partial charge on any atom is -0.318 e. The van der Waals surface area contributed by atoms with Crippen LogP contribution in [0.3, 0.4) is 0 Å². The SMILES string of the molecule is CCN1C(=O)C(=O)c2ccccc21.O=C1Nc2ccccc2C1=O. The van der Waals surface area contributed by atoms with Crippen LogP contribution >= 0.6 is 0 Å². The Labute approximate surface area is 138 Å². The molecule has 0 aromatic heterocycles. The first-order valence-corrected chi connectivity index (χ1v) is 7.44. The molecule has 0 radical (unpaired) electrons. The summed E-state index contributed by atoms with van der Waals surface area (Å²) in [5.74, 6) is -1.78. The van der Waals surface area contributed by atoms with Crippen LogP contribution in [0.15, 0.2) is 48.5 Å². The third-order valence-electron chi connectivity index (χ3n) is 3.82. The number of likely N-dealkylation sites (N-methyl/N-ethyl adjacent to an activating group) is 1. The Balaban J connectivity index is 0.000000143. The van der Waals surface area contributed by atoms with Crippen molar-refractivity contribution in [1.29, 1.82) is 0 Å². The number of nitrogens with one attached hydrogen (secondary N) is 1. The standard InChI is InChI=1S/C10H9NO2.C8H5NO2/c1-2-11-8-6-4-3-5-7(8)9(12)10(11)13;10-7-5-3-1-2-4-6(5)9-8(7)11/h3-6H,2H2,1H3;1-4H,(H,9,10,11). The fourth-order valence-corrected chi connectivity index (χ4v) is 2.65. The van der Waals surface area contributed by atoms with Crippen LogP contribution in [-0.4, -0.2) is 29.9 Å². The number of rotatable bonds is 1. The third-order valence-corrected chi connectivity index (χ3v) is 3.82. The van der Waals surface area contributed by atoms with E-state index < -0.39 is 23.4 Å². The summed E-state index contributed by atoms with van der Waals surface area (Å²) in [4.78, 5) is 46.0. The van der Waals surface area contributed by atoms with Gasteiger partial charge >= 0.3 is 0 Å². The van der Waals surface area contributed by atoms with Crippen molar-refractivity contribution < 1.29 is 19.2 Å². The summed E-state index contributed by atoms with van der Waals surface area (Å²) in [5.41, 5.74) is 2.34. The van der Waals surface area contributed by atoms with Gasteiger partial charge in [-0.25, -0.2) is 0 Å². The minimum absolute atomic E-state index is 0.391. The second kappa shape index (κ2) is 6.08. The number of ketones is 2. The Bertz CT molecular complexity index is 873. The van der Waals surface area contributed by atoms with Crippen LogP contribution in [0, 0.1) is 0 Å². The molecule has 4 rings (SSSR count). The van der Waals surface area contributed by atoms with Crippen molar-refractivity contribution in [2.24, 2.45) is 0 Å². The summed E-state index contributed by atoms with van der Waals surface area (Å²) in [7, 11) is 0. The van der Waals surface area contributed by atoms with E-state index in [0.717, 1.165) is 5.69 Å². The second-order valence-corrected chi connectivity index (χ2v) is 5.22. The van der Waals surface area contributed by atoms with Crippen LogP contribution in [0.25, 0.3) is 0 Å². The van der Waals surface area contributed by atoms with Crippen molar-refractivity contribution in [3.8, 4) is 0 Å². The first-order valence-electron chi connectivity index (χ1n) is 7.44. The second-order valence-electron chi connectivity index (χ2n) is 5.22. The van der Waals surface area contributed by atoms with Crippen molar-refractivity contribution in [3.63, 3.8) is 0 Å². The van der Waals surface area contributed by atoms with Gasteiger partial charge in [-0.1, -0.05) is 24.3 Å². The topological polar surface area (TPSA) is 83.6 Å². The number of fused-ring (bicyclic) bond motifs is 2. The number of hydrogen-bond donors (Lipinski definition) is 1. The predicted octanol–water partition coefficient (Wildman–Crippen LogP) is 2.06. The third kappa shape index (κ3) is 2.48. The van der Waals surface area contributed by atoms with Gasteiger partial charge in [0, 0.05) is 6.54 Å². The summed E-state index contributed by atoms with van der Waals surface area (Å²) in [6.07, 6.45) is 0. The monoisotopic (exact) mass is 322 g/mol. The average Bonchev–Trinajstić information content (AvgIpc) is 3.03. The molecule has 0 fully saturated rings. The van der Waals surface area contributed by atoms with E-state index in [-0.39, 0.29) is 0 Å². The van der Waals surface area contributed by atoms with Crippen molar-refractivity contribution in [1.82, 2.24) is 0 Å². The molecule has 0 atom stereocenters. The number of carbonyl (C=O) groups excluding carboxylic acids is 4. The van der Waals surface area contributed by atoms with Gasteiger partial charge < -0.3 is 10.2 Å². The number of anilines is 2.